The number of piperidine rings is 1. The van der Waals surface area contributed by atoms with Gasteiger partial charge in [0.05, 0.1) is 5.56 Å². The van der Waals surface area contributed by atoms with E-state index in [0.29, 0.717) is 11.8 Å². The van der Waals surface area contributed by atoms with Gasteiger partial charge >= 0.3 is 0 Å². The van der Waals surface area contributed by atoms with Crippen LogP contribution in [0.4, 0.5) is 5.95 Å². The zero-order chi connectivity index (χ0) is 19.9. The maximum Gasteiger partial charge on any atom is 0.258 e. The van der Waals surface area contributed by atoms with Crippen molar-refractivity contribution in [3.63, 3.8) is 0 Å². The SMILES string of the molecule is Cc1c(ON=CCc2cccs2)ncnc1OC1CCN(c2ncccn2)CC1. The average Bonchev–Trinajstić information content (AvgIpc) is 3.28. The van der Waals surface area contributed by atoms with Crippen molar-refractivity contribution in [3.8, 4) is 11.8 Å². The molecule has 9 heteroatoms. The van der Waals surface area contributed by atoms with Gasteiger partial charge in [-0.25, -0.2) is 15.0 Å². The van der Waals surface area contributed by atoms with Gasteiger partial charge in [-0.05, 0) is 24.4 Å². The van der Waals surface area contributed by atoms with E-state index in [0.717, 1.165) is 43.9 Å². The lowest BCUT2D eigenvalue weighted by molar-refractivity contribution is 0.160. The fourth-order valence-electron chi connectivity index (χ4n) is 3.06. The van der Waals surface area contributed by atoms with Crippen molar-refractivity contribution < 1.29 is 9.57 Å². The second-order valence-electron chi connectivity index (χ2n) is 6.62. The normalized spacial score (nSPS) is 15.0. The van der Waals surface area contributed by atoms with E-state index in [9.17, 15) is 0 Å². The van der Waals surface area contributed by atoms with Gasteiger partial charge in [-0.3, -0.25) is 0 Å². The fraction of sp³-hybridized carbons (Fsp3) is 0.350. The van der Waals surface area contributed by atoms with E-state index in [-0.39, 0.29) is 6.10 Å². The number of oxime groups is 1. The molecule has 1 aliphatic rings. The predicted molar refractivity (Wildman–Crippen MR) is 112 cm³/mol. The van der Waals surface area contributed by atoms with Gasteiger partial charge in [-0.15, -0.1) is 11.3 Å². The number of aromatic nitrogens is 4. The minimum Gasteiger partial charge on any atom is -0.474 e. The van der Waals surface area contributed by atoms with Crippen LogP contribution in [-0.2, 0) is 6.42 Å². The van der Waals surface area contributed by atoms with Crippen LogP contribution in [0, 0.1) is 6.92 Å². The van der Waals surface area contributed by atoms with Crippen molar-refractivity contribution in [2.24, 2.45) is 5.16 Å². The number of ether oxygens (including phenoxy) is 1. The van der Waals surface area contributed by atoms with E-state index in [1.54, 1.807) is 29.9 Å². The number of hydrogen-bond acceptors (Lipinski definition) is 9. The molecule has 4 rings (SSSR count). The Morgan fingerprint density at radius 3 is 2.69 bits per heavy atom. The van der Waals surface area contributed by atoms with Crippen molar-refractivity contribution in [1.82, 2.24) is 19.9 Å². The molecule has 150 valence electrons. The van der Waals surface area contributed by atoms with E-state index in [2.05, 4.69) is 36.1 Å². The molecule has 0 N–H and O–H groups in total. The number of anilines is 1. The highest BCUT2D eigenvalue weighted by molar-refractivity contribution is 7.10. The van der Waals surface area contributed by atoms with Crippen LogP contribution in [0.25, 0.3) is 0 Å². The summed E-state index contributed by atoms with van der Waals surface area (Å²) in [5.41, 5.74) is 0.745. The zero-order valence-electron chi connectivity index (χ0n) is 16.1. The Balaban J connectivity index is 1.31. The van der Waals surface area contributed by atoms with Gasteiger partial charge in [0.15, 0.2) is 0 Å². The van der Waals surface area contributed by atoms with E-state index in [1.165, 1.54) is 11.2 Å². The molecule has 1 aliphatic heterocycles. The monoisotopic (exact) mass is 410 g/mol. The van der Waals surface area contributed by atoms with Crippen LogP contribution in [0.5, 0.6) is 11.8 Å². The second-order valence-corrected chi connectivity index (χ2v) is 7.66. The summed E-state index contributed by atoms with van der Waals surface area (Å²) < 4.78 is 6.13. The number of nitrogens with zero attached hydrogens (tertiary/aromatic N) is 6. The van der Waals surface area contributed by atoms with Crippen molar-refractivity contribution in [1.29, 1.82) is 0 Å². The Bertz CT molecular complexity index is 927. The predicted octanol–water partition coefficient (Wildman–Crippen LogP) is 3.29. The molecule has 0 unspecified atom stereocenters. The third-order valence-electron chi connectivity index (χ3n) is 4.63. The highest BCUT2D eigenvalue weighted by Gasteiger charge is 2.23. The molecule has 0 saturated carbocycles. The molecule has 0 radical (unpaired) electrons. The first-order valence-electron chi connectivity index (χ1n) is 9.51. The molecule has 0 amide bonds. The molecule has 3 aromatic heterocycles. The molecular formula is C20H22N6O2S. The van der Waals surface area contributed by atoms with Crippen molar-refractivity contribution in [2.45, 2.75) is 32.3 Å². The number of rotatable bonds is 7. The fourth-order valence-corrected chi connectivity index (χ4v) is 3.72. The quantitative estimate of drug-likeness (QED) is 0.436. The summed E-state index contributed by atoms with van der Waals surface area (Å²) in [5.74, 6) is 1.71. The smallest absolute Gasteiger partial charge is 0.258 e. The van der Waals surface area contributed by atoms with E-state index in [4.69, 9.17) is 9.57 Å². The van der Waals surface area contributed by atoms with Crippen LogP contribution in [0.3, 0.4) is 0 Å². The highest BCUT2D eigenvalue weighted by Crippen LogP contribution is 2.26. The van der Waals surface area contributed by atoms with Gasteiger partial charge in [-0.1, -0.05) is 11.2 Å². The molecule has 0 bridgehead atoms. The molecule has 1 fully saturated rings. The summed E-state index contributed by atoms with van der Waals surface area (Å²) in [6.45, 7) is 3.57. The highest BCUT2D eigenvalue weighted by atomic mass is 32.1. The van der Waals surface area contributed by atoms with Crippen LogP contribution in [0.1, 0.15) is 23.3 Å². The lowest BCUT2D eigenvalue weighted by Crippen LogP contribution is -2.39. The third-order valence-corrected chi connectivity index (χ3v) is 5.53. The van der Waals surface area contributed by atoms with Gasteiger partial charge < -0.3 is 14.5 Å². The molecule has 0 aliphatic carbocycles. The maximum absolute atomic E-state index is 6.13. The van der Waals surface area contributed by atoms with Gasteiger partial charge in [0, 0.05) is 55.8 Å². The summed E-state index contributed by atoms with van der Waals surface area (Å²) in [5, 5.41) is 6.07. The van der Waals surface area contributed by atoms with Crippen molar-refractivity contribution >= 4 is 23.5 Å². The van der Waals surface area contributed by atoms with Gasteiger partial charge in [-0.2, -0.15) is 4.98 Å². The van der Waals surface area contributed by atoms with Crippen LogP contribution >= 0.6 is 11.3 Å². The minimum absolute atomic E-state index is 0.0822. The van der Waals surface area contributed by atoms with Crippen LogP contribution < -0.4 is 14.5 Å². The molecule has 3 aromatic rings. The van der Waals surface area contributed by atoms with Crippen molar-refractivity contribution in [2.75, 3.05) is 18.0 Å². The summed E-state index contributed by atoms with van der Waals surface area (Å²) in [6.07, 6.45) is 9.26. The summed E-state index contributed by atoms with van der Waals surface area (Å²) in [7, 11) is 0. The lowest BCUT2D eigenvalue weighted by atomic mass is 10.1. The van der Waals surface area contributed by atoms with E-state index in [1.807, 2.05) is 24.4 Å². The molecular weight excluding hydrogens is 388 g/mol. The van der Waals surface area contributed by atoms with Crippen LogP contribution in [0.2, 0.25) is 0 Å². The Morgan fingerprint density at radius 2 is 1.93 bits per heavy atom. The van der Waals surface area contributed by atoms with Crippen molar-refractivity contribution in [3.05, 3.63) is 52.7 Å². The van der Waals surface area contributed by atoms with E-state index < -0.39 is 0 Å². The minimum atomic E-state index is 0.0822. The zero-order valence-corrected chi connectivity index (χ0v) is 17.0. The van der Waals surface area contributed by atoms with Crippen LogP contribution in [-0.4, -0.2) is 45.3 Å². The standard InChI is InChI=1S/C20H22N6O2S/c1-15-18(23-14-24-19(15)28-25-10-5-17-4-2-13-29-17)27-16-6-11-26(12-7-16)20-21-8-3-9-22-20/h2-4,8-10,13-14,16H,5-7,11-12H2,1H3. The average molecular weight is 411 g/mol. The first-order valence-corrected chi connectivity index (χ1v) is 10.4. The summed E-state index contributed by atoms with van der Waals surface area (Å²) in [4.78, 5) is 25.9. The maximum atomic E-state index is 6.13. The Kier molecular flexibility index (Phi) is 6.25. The Hall–Kier alpha value is -3.07. The third kappa shape index (κ3) is 5.05. The number of thiophene rings is 1. The van der Waals surface area contributed by atoms with Crippen LogP contribution in [0.15, 0.2) is 47.5 Å². The largest absolute Gasteiger partial charge is 0.474 e. The lowest BCUT2D eigenvalue weighted by Gasteiger charge is -2.32. The summed E-state index contributed by atoms with van der Waals surface area (Å²) in [6, 6.07) is 5.90. The van der Waals surface area contributed by atoms with Gasteiger partial charge in [0.2, 0.25) is 11.8 Å². The Labute approximate surface area is 173 Å². The van der Waals surface area contributed by atoms with Gasteiger partial charge in [0.1, 0.15) is 12.4 Å². The molecule has 0 atom stereocenters. The Morgan fingerprint density at radius 1 is 1.14 bits per heavy atom. The summed E-state index contributed by atoms with van der Waals surface area (Å²) >= 11 is 1.69. The topological polar surface area (TPSA) is 85.6 Å². The first-order chi connectivity index (χ1) is 14.3. The number of hydrogen-bond donors (Lipinski definition) is 0. The molecule has 8 nitrogen and oxygen atoms in total. The molecule has 1 saturated heterocycles. The first kappa shape index (κ1) is 19.3. The molecule has 29 heavy (non-hydrogen) atoms. The van der Waals surface area contributed by atoms with E-state index >= 15 is 0 Å². The molecule has 0 aromatic carbocycles. The van der Waals surface area contributed by atoms with Gasteiger partial charge in [0.25, 0.3) is 5.88 Å². The second kappa shape index (κ2) is 9.42. The molecule has 0 spiro atoms. The molecule has 4 heterocycles.